The maximum Gasteiger partial charge on any atom is 0.322 e. The zero-order valence-corrected chi connectivity index (χ0v) is 19.5. The molecule has 1 aliphatic carbocycles. The van der Waals surface area contributed by atoms with Crippen molar-refractivity contribution in [2.45, 2.75) is 51.4 Å². The molecule has 1 saturated heterocycles. The van der Waals surface area contributed by atoms with E-state index in [1.54, 1.807) is 31.3 Å². The lowest BCUT2D eigenvalue weighted by Gasteiger charge is -2.33. The van der Waals surface area contributed by atoms with Crippen molar-refractivity contribution >= 4 is 11.9 Å². The van der Waals surface area contributed by atoms with Crippen LogP contribution in [0.5, 0.6) is 6.01 Å². The van der Waals surface area contributed by atoms with Gasteiger partial charge in [0.15, 0.2) is 5.82 Å². The molecule has 0 unspecified atom stereocenters. The number of aliphatic hydroxyl groups excluding tert-OH is 1. The molecule has 1 aliphatic heterocycles. The van der Waals surface area contributed by atoms with E-state index in [0.717, 1.165) is 31.2 Å². The molecular weight excluding hydrogens is 424 g/mol. The maximum atomic E-state index is 12.3. The minimum absolute atomic E-state index is 0.0451. The summed E-state index contributed by atoms with van der Waals surface area (Å²) in [6.07, 6.45) is 4.74. The van der Waals surface area contributed by atoms with Crippen molar-refractivity contribution in [3.05, 3.63) is 24.0 Å². The second-order valence-corrected chi connectivity index (χ2v) is 8.88. The van der Waals surface area contributed by atoms with Gasteiger partial charge in [-0.15, -0.1) is 0 Å². The quantitative estimate of drug-likeness (QED) is 0.693. The number of carbonyl (C=O) groups is 1. The zero-order chi connectivity index (χ0) is 23.4. The van der Waals surface area contributed by atoms with Gasteiger partial charge in [0.05, 0.1) is 31.6 Å². The summed E-state index contributed by atoms with van der Waals surface area (Å²) in [5.41, 5.74) is 1.30. The van der Waals surface area contributed by atoms with Gasteiger partial charge in [-0.1, -0.05) is 0 Å². The summed E-state index contributed by atoms with van der Waals surface area (Å²) in [7, 11) is 3.60. The van der Waals surface area contributed by atoms with Crippen LogP contribution in [0.3, 0.4) is 0 Å². The normalized spacial score (nSPS) is 23.3. The zero-order valence-electron chi connectivity index (χ0n) is 19.5. The highest BCUT2D eigenvalue weighted by molar-refractivity contribution is 5.78. The first-order valence-electron chi connectivity index (χ1n) is 11.5. The lowest BCUT2D eigenvalue weighted by molar-refractivity contribution is -0.134. The molecule has 1 saturated carbocycles. The van der Waals surface area contributed by atoms with E-state index in [2.05, 4.69) is 26.8 Å². The van der Waals surface area contributed by atoms with Crippen molar-refractivity contribution < 1.29 is 19.4 Å². The van der Waals surface area contributed by atoms with Crippen molar-refractivity contribution in [3.8, 4) is 17.4 Å². The number of hydrogen-bond acceptors (Lipinski definition) is 9. The molecular formula is C23H32N6O4. The predicted octanol–water partition coefficient (Wildman–Crippen LogP) is 1.68. The minimum atomic E-state index is -0.124. The van der Waals surface area contributed by atoms with Gasteiger partial charge in [-0.2, -0.15) is 15.0 Å². The average molecular weight is 457 g/mol. The summed E-state index contributed by atoms with van der Waals surface area (Å²) in [6, 6.07) is 3.99. The van der Waals surface area contributed by atoms with Crippen LogP contribution in [0.1, 0.15) is 38.3 Å². The fourth-order valence-electron chi connectivity index (χ4n) is 4.27. The summed E-state index contributed by atoms with van der Waals surface area (Å²) in [5, 5.41) is 9.29. The van der Waals surface area contributed by atoms with Crippen LogP contribution in [0.2, 0.25) is 0 Å². The Labute approximate surface area is 194 Å². The van der Waals surface area contributed by atoms with E-state index in [0.29, 0.717) is 37.2 Å². The third kappa shape index (κ3) is 5.56. The first-order chi connectivity index (χ1) is 15.9. The van der Waals surface area contributed by atoms with Crippen molar-refractivity contribution in [3.63, 3.8) is 0 Å². The van der Waals surface area contributed by atoms with Crippen LogP contribution in [0.15, 0.2) is 18.3 Å². The average Bonchev–Trinajstić information content (AvgIpc) is 2.84. The highest BCUT2D eigenvalue weighted by Gasteiger charge is 2.29. The molecule has 10 heteroatoms. The van der Waals surface area contributed by atoms with Crippen LogP contribution in [0, 0.1) is 5.92 Å². The molecule has 0 radical (unpaired) electrons. The Balaban J connectivity index is 1.56. The molecule has 2 fully saturated rings. The van der Waals surface area contributed by atoms with Gasteiger partial charge >= 0.3 is 6.01 Å². The highest BCUT2D eigenvalue weighted by atomic mass is 16.5. The van der Waals surface area contributed by atoms with E-state index < -0.39 is 0 Å². The molecule has 2 aromatic rings. The third-order valence-electron chi connectivity index (χ3n) is 6.21. The van der Waals surface area contributed by atoms with Gasteiger partial charge < -0.3 is 24.4 Å². The summed E-state index contributed by atoms with van der Waals surface area (Å²) >= 11 is 0. The summed E-state index contributed by atoms with van der Waals surface area (Å²) in [5.74, 6) is 1.25. The lowest BCUT2D eigenvalue weighted by atomic mass is 9.86. The second-order valence-electron chi connectivity index (χ2n) is 8.88. The van der Waals surface area contributed by atoms with Crippen LogP contribution < -0.4 is 9.64 Å². The van der Waals surface area contributed by atoms with Crippen molar-refractivity contribution in [2.24, 2.45) is 5.92 Å². The molecule has 2 aromatic heterocycles. The Morgan fingerprint density at radius 2 is 2.00 bits per heavy atom. The van der Waals surface area contributed by atoms with E-state index in [9.17, 15) is 9.90 Å². The van der Waals surface area contributed by atoms with Gasteiger partial charge in [0, 0.05) is 38.3 Å². The van der Waals surface area contributed by atoms with Crippen LogP contribution >= 0.6 is 0 Å². The number of carbonyl (C=O) groups excluding carboxylic acids is 1. The Morgan fingerprint density at radius 3 is 2.64 bits per heavy atom. The highest BCUT2D eigenvalue weighted by Crippen LogP contribution is 2.29. The van der Waals surface area contributed by atoms with Gasteiger partial charge in [0.2, 0.25) is 11.9 Å². The van der Waals surface area contributed by atoms with Gasteiger partial charge in [0.25, 0.3) is 0 Å². The lowest BCUT2D eigenvalue weighted by Crippen LogP contribution is -2.44. The third-order valence-corrected chi connectivity index (χ3v) is 6.21. The van der Waals surface area contributed by atoms with Crippen LogP contribution in [-0.4, -0.2) is 81.8 Å². The molecule has 0 aromatic carbocycles. The molecule has 2 aliphatic rings. The van der Waals surface area contributed by atoms with Crippen LogP contribution in [-0.2, 0) is 16.1 Å². The fourth-order valence-corrected chi connectivity index (χ4v) is 4.27. The molecule has 1 amide bonds. The fraction of sp³-hybridized carbons (Fsp3) is 0.609. The van der Waals surface area contributed by atoms with Crippen LogP contribution in [0.25, 0.3) is 11.4 Å². The number of morpholine rings is 1. The molecule has 0 spiro atoms. The maximum absolute atomic E-state index is 12.3. The Kier molecular flexibility index (Phi) is 7.34. The van der Waals surface area contributed by atoms with E-state index >= 15 is 0 Å². The standard InChI is InChI=1S/C23H32N6O4/c1-15-14-32-11-10-29(15)22-25-20(17-4-7-18(13-30)24-12-17)26-23(27-22)33-19-8-5-16(6-9-19)21(31)28(2)3/h4,7,12,15-16,19,30H,5-6,8-11,13-14H2,1-3H3/t15-,16?,19?/m0/s1. The van der Waals surface area contributed by atoms with Gasteiger partial charge in [-0.25, -0.2) is 0 Å². The van der Waals surface area contributed by atoms with Gasteiger partial charge in [-0.3, -0.25) is 9.78 Å². The van der Waals surface area contributed by atoms with E-state index in [4.69, 9.17) is 14.5 Å². The smallest absolute Gasteiger partial charge is 0.322 e. The number of nitrogens with zero attached hydrogens (tertiary/aromatic N) is 6. The molecule has 4 rings (SSSR count). The molecule has 10 nitrogen and oxygen atoms in total. The van der Waals surface area contributed by atoms with Gasteiger partial charge in [0.1, 0.15) is 6.10 Å². The van der Waals surface area contributed by atoms with Crippen molar-refractivity contribution in [1.82, 2.24) is 24.8 Å². The van der Waals surface area contributed by atoms with E-state index in [1.807, 2.05) is 6.07 Å². The number of anilines is 1. The number of aliphatic hydroxyl groups is 1. The largest absolute Gasteiger partial charge is 0.460 e. The molecule has 3 heterocycles. The number of aromatic nitrogens is 4. The van der Waals surface area contributed by atoms with E-state index in [-0.39, 0.29) is 36.6 Å². The first-order valence-corrected chi connectivity index (χ1v) is 11.5. The predicted molar refractivity (Wildman–Crippen MR) is 122 cm³/mol. The minimum Gasteiger partial charge on any atom is -0.460 e. The second kappa shape index (κ2) is 10.4. The number of hydrogen-bond donors (Lipinski definition) is 1. The van der Waals surface area contributed by atoms with E-state index in [1.165, 1.54) is 0 Å². The topological polar surface area (TPSA) is 114 Å². The summed E-state index contributed by atoms with van der Waals surface area (Å²) < 4.78 is 11.8. The monoisotopic (exact) mass is 456 g/mol. The molecule has 33 heavy (non-hydrogen) atoms. The molecule has 178 valence electrons. The number of pyridine rings is 1. The Hall–Kier alpha value is -2.85. The summed E-state index contributed by atoms with van der Waals surface area (Å²) in [6.45, 7) is 3.85. The molecule has 1 N–H and O–H groups in total. The number of rotatable bonds is 6. The Morgan fingerprint density at radius 1 is 1.21 bits per heavy atom. The molecule has 0 bridgehead atoms. The van der Waals surface area contributed by atoms with Gasteiger partial charge in [-0.05, 0) is 44.7 Å². The van der Waals surface area contributed by atoms with Crippen molar-refractivity contribution in [1.29, 1.82) is 0 Å². The summed E-state index contributed by atoms with van der Waals surface area (Å²) in [4.78, 5) is 34.2. The van der Waals surface area contributed by atoms with Crippen molar-refractivity contribution in [2.75, 3.05) is 38.8 Å². The number of amides is 1. The molecule has 1 atom stereocenters. The Bertz CT molecular complexity index is 946. The number of ether oxygens (including phenoxy) is 2. The van der Waals surface area contributed by atoms with Crippen LogP contribution in [0.4, 0.5) is 5.95 Å². The SMILES string of the molecule is C[C@H]1COCCN1c1nc(OC2CCC(C(=O)N(C)C)CC2)nc(-c2ccc(CO)nc2)n1. The first kappa shape index (κ1) is 23.3.